The summed E-state index contributed by atoms with van der Waals surface area (Å²) in [6.45, 7) is 1.55. The number of benzene rings is 2. The number of aromatic amines is 1. The van der Waals surface area contributed by atoms with Crippen LogP contribution >= 0.6 is 0 Å². The van der Waals surface area contributed by atoms with Crippen LogP contribution in [-0.2, 0) is 12.7 Å². The molecule has 0 saturated carbocycles. The third-order valence-corrected chi connectivity index (χ3v) is 4.14. The van der Waals surface area contributed by atoms with Gasteiger partial charge in [-0.3, -0.25) is 0 Å². The second-order valence-corrected chi connectivity index (χ2v) is 6.27. The van der Waals surface area contributed by atoms with Crippen molar-refractivity contribution < 1.29 is 22.0 Å². The fourth-order valence-corrected chi connectivity index (χ4v) is 2.86. The Labute approximate surface area is 155 Å². The monoisotopic (exact) mass is 391 g/mol. The van der Waals surface area contributed by atoms with Crippen molar-refractivity contribution in [3.8, 4) is 11.6 Å². The molecule has 0 aliphatic rings. The number of tetrazole rings is 1. The third-order valence-electron chi connectivity index (χ3n) is 4.14. The number of nitrogens with one attached hydrogen (secondary N) is 2. The predicted octanol–water partition coefficient (Wildman–Crippen LogP) is 4.69. The lowest BCUT2D eigenvalue weighted by molar-refractivity contribution is -0.137. The summed E-state index contributed by atoms with van der Waals surface area (Å²) in [6, 6.07) is 7.97. The number of fused-ring (bicyclic) bond motifs is 1. The van der Waals surface area contributed by atoms with Gasteiger partial charge < -0.3 is 9.73 Å². The van der Waals surface area contributed by atoms with Gasteiger partial charge in [-0.15, -0.1) is 10.2 Å². The molecule has 0 fully saturated rings. The maximum Gasteiger partial charge on any atom is 0.416 e. The van der Waals surface area contributed by atoms with Gasteiger partial charge in [0.2, 0.25) is 5.82 Å². The van der Waals surface area contributed by atoms with Crippen LogP contribution in [0, 0.1) is 12.7 Å². The van der Waals surface area contributed by atoms with E-state index >= 15 is 0 Å². The maximum absolute atomic E-state index is 14.4. The summed E-state index contributed by atoms with van der Waals surface area (Å²) in [4.78, 5) is 0. The molecule has 0 aliphatic heterocycles. The van der Waals surface area contributed by atoms with Gasteiger partial charge in [-0.2, -0.15) is 18.4 Å². The molecule has 0 bridgehead atoms. The molecule has 0 saturated heterocycles. The highest BCUT2D eigenvalue weighted by atomic mass is 19.4. The molecule has 2 N–H and O–H groups in total. The highest BCUT2D eigenvalue weighted by Crippen LogP contribution is 2.32. The molecule has 0 spiro atoms. The molecule has 6 nitrogen and oxygen atoms in total. The minimum Gasteiger partial charge on any atom is -0.453 e. The van der Waals surface area contributed by atoms with E-state index in [1.54, 1.807) is 19.1 Å². The number of alkyl halides is 3. The van der Waals surface area contributed by atoms with Crippen molar-refractivity contribution in [3.63, 3.8) is 0 Å². The van der Waals surface area contributed by atoms with Crippen LogP contribution in [-0.4, -0.2) is 20.6 Å². The van der Waals surface area contributed by atoms with Crippen molar-refractivity contribution in [1.82, 2.24) is 20.6 Å². The van der Waals surface area contributed by atoms with E-state index in [0.29, 0.717) is 22.3 Å². The largest absolute Gasteiger partial charge is 0.453 e. The first-order valence-corrected chi connectivity index (χ1v) is 8.18. The molecule has 4 rings (SSSR count). The topological polar surface area (TPSA) is 79.6 Å². The molecule has 0 radical (unpaired) electrons. The standard InChI is InChI=1S/C18H13F4N5O/c1-9-2-12(18(20,21)22)7-13(3-9)23-8-11-6-15-10(4-14(11)19)5-16(28-15)17-24-26-27-25-17/h2-7,23H,8H2,1H3,(H,24,25,26,27). The van der Waals surface area contributed by atoms with Crippen LogP contribution in [0.15, 0.2) is 40.8 Å². The fraction of sp³-hybridized carbons (Fsp3) is 0.167. The number of halogens is 4. The Bertz CT molecular complexity index is 1140. The van der Waals surface area contributed by atoms with Crippen LogP contribution in [0.1, 0.15) is 16.7 Å². The summed E-state index contributed by atoms with van der Waals surface area (Å²) in [5, 5.41) is 16.7. The Kier molecular flexibility index (Phi) is 4.25. The Hall–Kier alpha value is -3.43. The normalized spacial score (nSPS) is 11.9. The summed E-state index contributed by atoms with van der Waals surface area (Å²) >= 11 is 0. The van der Waals surface area contributed by atoms with Crippen molar-refractivity contribution in [2.45, 2.75) is 19.6 Å². The Balaban J connectivity index is 1.60. The van der Waals surface area contributed by atoms with Crippen molar-refractivity contribution in [1.29, 1.82) is 0 Å². The summed E-state index contributed by atoms with van der Waals surface area (Å²) in [6.07, 6.45) is -4.45. The van der Waals surface area contributed by atoms with E-state index in [1.165, 1.54) is 12.1 Å². The Morgan fingerprint density at radius 3 is 2.64 bits per heavy atom. The van der Waals surface area contributed by atoms with Crippen molar-refractivity contribution in [3.05, 3.63) is 58.9 Å². The highest BCUT2D eigenvalue weighted by Gasteiger charge is 2.30. The van der Waals surface area contributed by atoms with Gasteiger partial charge in [-0.25, -0.2) is 4.39 Å². The van der Waals surface area contributed by atoms with E-state index in [2.05, 4.69) is 25.9 Å². The Morgan fingerprint density at radius 1 is 1.11 bits per heavy atom. The number of aryl methyl sites for hydroxylation is 1. The number of anilines is 1. The lowest BCUT2D eigenvalue weighted by Crippen LogP contribution is -2.08. The van der Waals surface area contributed by atoms with E-state index in [4.69, 9.17) is 4.42 Å². The summed E-state index contributed by atoms with van der Waals surface area (Å²) < 4.78 is 58.9. The van der Waals surface area contributed by atoms with Gasteiger partial charge >= 0.3 is 6.18 Å². The van der Waals surface area contributed by atoms with Gasteiger partial charge in [-0.1, -0.05) is 0 Å². The zero-order valence-corrected chi connectivity index (χ0v) is 14.4. The average Bonchev–Trinajstić information content (AvgIpc) is 3.27. The van der Waals surface area contributed by atoms with Crippen molar-refractivity contribution >= 4 is 16.7 Å². The minimum atomic E-state index is -4.45. The number of hydrogen-bond donors (Lipinski definition) is 2. The third kappa shape index (κ3) is 3.53. The molecule has 2 aromatic carbocycles. The molecule has 0 unspecified atom stereocenters. The van der Waals surface area contributed by atoms with Gasteiger partial charge in [0, 0.05) is 23.2 Å². The van der Waals surface area contributed by atoms with E-state index in [1.807, 2.05) is 0 Å². The van der Waals surface area contributed by atoms with Crippen LogP contribution < -0.4 is 5.32 Å². The van der Waals surface area contributed by atoms with E-state index in [-0.39, 0.29) is 23.6 Å². The van der Waals surface area contributed by atoms with E-state index in [0.717, 1.165) is 12.1 Å². The Morgan fingerprint density at radius 2 is 1.93 bits per heavy atom. The predicted molar refractivity (Wildman–Crippen MR) is 92.9 cm³/mol. The molecule has 144 valence electrons. The maximum atomic E-state index is 14.4. The number of H-pyrrole nitrogens is 1. The first kappa shape index (κ1) is 18.0. The molecule has 0 aliphatic carbocycles. The zero-order chi connectivity index (χ0) is 19.9. The van der Waals surface area contributed by atoms with Gasteiger partial charge in [0.05, 0.1) is 5.56 Å². The number of nitrogens with zero attached hydrogens (tertiary/aromatic N) is 3. The number of furan rings is 1. The molecule has 0 amide bonds. The van der Waals surface area contributed by atoms with Crippen LogP contribution in [0.3, 0.4) is 0 Å². The summed E-state index contributed by atoms with van der Waals surface area (Å²) in [5.41, 5.74) is 0.583. The lowest BCUT2D eigenvalue weighted by atomic mass is 10.1. The first-order chi connectivity index (χ1) is 13.3. The zero-order valence-electron chi connectivity index (χ0n) is 14.4. The molecular formula is C18H13F4N5O. The number of rotatable bonds is 4. The van der Waals surface area contributed by atoms with Gasteiger partial charge in [0.25, 0.3) is 0 Å². The second-order valence-electron chi connectivity index (χ2n) is 6.27. The first-order valence-electron chi connectivity index (χ1n) is 8.18. The fourth-order valence-electron chi connectivity index (χ4n) is 2.86. The number of aromatic nitrogens is 4. The average molecular weight is 391 g/mol. The SMILES string of the molecule is Cc1cc(NCc2cc3oc(-c4nn[nH]n4)cc3cc2F)cc(C(F)(F)F)c1. The molecule has 28 heavy (non-hydrogen) atoms. The van der Waals surface area contributed by atoms with Crippen molar-refractivity contribution in [2.75, 3.05) is 5.32 Å². The molecule has 2 aromatic heterocycles. The summed E-state index contributed by atoms with van der Waals surface area (Å²) in [7, 11) is 0. The molecule has 2 heterocycles. The van der Waals surface area contributed by atoms with Gasteiger partial charge in [-0.05, 0) is 54.1 Å². The van der Waals surface area contributed by atoms with Crippen LogP contribution in [0.25, 0.3) is 22.6 Å². The summed E-state index contributed by atoms with van der Waals surface area (Å²) in [5.74, 6) is 0.0432. The van der Waals surface area contributed by atoms with Crippen molar-refractivity contribution in [2.24, 2.45) is 0 Å². The van der Waals surface area contributed by atoms with Crippen LogP contribution in [0.2, 0.25) is 0 Å². The number of hydrogen-bond acceptors (Lipinski definition) is 5. The quantitative estimate of drug-likeness (QED) is 0.494. The minimum absolute atomic E-state index is 0.0131. The molecule has 10 heteroatoms. The van der Waals surface area contributed by atoms with Crippen LogP contribution in [0.5, 0.6) is 0 Å². The smallest absolute Gasteiger partial charge is 0.416 e. The van der Waals surface area contributed by atoms with E-state index < -0.39 is 17.6 Å². The molecular weight excluding hydrogens is 378 g/mol. The van der Waals surface area contributed by atoms with Gasteiger partial charge in [0.15, 0.2) is 5.76 Å². The molecule has 0 atom stereocenters. The molecule has 4 aromatic rings. The van der Waals surface area contributed by atoms with Gasteiger partial charge in [0.1, 0.15) is 11.4 Å². The second kappa shape index (κ2) is 6.63. The highest BCUT2D eigenvalue weighted by molar-refractivity contribution is 5.82. The lowest BCUT2D eigenvalue weighted by Gasteiger charge is -2.12. The van der Waals surface area contributed by atoms with Crippen LogP contribution in [0.4, 0.5) is 23.2 Å². The van der Waals surface area contributed by atoms with E-state index in [9.17, 15) is 17.6 Å².